The third-order valence-corrected chi connectivity index (χ3v) is 6.51. The number of aromatic nitrogens is 1. The molecular weight excluding hydrogens is 560 g/mol. The molecule has 0 bridgehead atoms. The Morgan fingerprint density at radius 3 is 2.44 bits per heavy atom. The van der Waals surface area contributed by atoms with Gasteiger partial charge in [0.25, 0.3) is 5.91 Å². The van der Waals surface area contributed by atoms with Crippen molar-refractivity contribution in [2.75, 3.05) is 27.1 Å². The maximum absolute atomic E-state index is 13.4. The molecule has 0 radical (unpaired) electrons. The molecule has 1 aromatic heterocycles. The largest absolute Gasteiger partial charge is 0.493 e. The number of amides is 1. The third-order valence-electron chi connectivity index (χ3n) is 6.51. The first-order chi connectivity index (χ1) is 20.5. The molecule has 3 rings (SSSR count). The monoisotopic (exact) mass is 600 g/mol. The van der Waals surface area contributed by atoms with Gasteiger partial charge < -0.3 is 33.7 Å². The van der Waals surface area contributed by atoms with Crippen LogP contribution in [0.3, 0.4) is 0 Å². The van der Waals surface area contributed by atoms with Crippen molar-refractivity contribution in [2.24, 2.45) is 17.8 Å². The van der Waals surface area contributed by atoms with Gasteiger partial charge in [-0.2, -0.15) is 0 Å². The van der Waals surface area contributed by atoms with E-state index in [0.29, 0.717) is 6.61 Å². The van der Waals surface area contributed by atoms with Gasteiger partial charge in [0.1, 0.15) is 18.6 Å². The van der Waals surface area contributed by atoms with Crippen molar-refractivity contribution in [3.63, 3.8) is 0 Å². The molecule has 1 aliphatic rings. The summed E-state index contributed by atoms with van der Waals surface area (Å²) in [4.78, 5) is 56.7. The normalized spacial score (nSPS) is 20.7. The predicted molar refractivity (Wildman–Crippen MR) is 153 cm³/mol. The first-order valence-electron chi connectivity index (χ1n) is 14.2. The predicted octanol–water partition coefficient (Wildman–Crippen LogP) is 3.11. The van der Waals surface area contributed by atoms with E-state index in [1.165, 1.54) is 26.3 Å². The summed E-state index contributed by atoms with van der Waals surface area (Å²) < 4.78 is 33.3. The molecule has 1 N–H and O–H groups in total. The summed E-state index contributed by atoms with van der Waals surface area (Å²) in [6.07, 6.45) is -0.656. The molecule has 1 fully saturated rings. The highest BCUT2D eigenvalue weighted by molar-refractivity contribution is 5.98. The quantitative estimate of drug-likeness (QED) is 0.166. The van der Waals surface area contributed by atoms with E-state index in [1.807, 2.05) is 44.2 Å². The summed E-state index contributed by atoms with van der Waals surface area (Å²) in [6.45, 7) is 8.54. The molecule has 12 heteroatoms. The van der Waals surface area contributed by atoms with Crippen molar-refractivity contribution in [3.8, 4) is 11.5 Å². The van der Waals surface area contributed by atoms with Gasteiger partial charge in [-0.3, -0.25) is 14.4 Å². The van der Waals surface area contributed by atoms with Crippen molar-refractivity contribution >= 4 is 23.8 Å². The Morgan fingerprint density at radius 2 is 1.79 bits per heavy atom. The Kier molecular flexibility index (Phi) is 12.3. The lowest BCUT2D eigenvalue weighted by atomic mass is 9.91. The van der Waals surface area contributed by atoms with E-state index in [2.05, 4.69) is 10.3 Å². The number of esters is 3. The van der Waals surface area contributed by atoms with Crippen molar-refractivity contribution < 1.29 is 47.6 Å². The maximum Gasteiger partial charge on any atom is 0.332 e. The van der Waals surface area contributed by atoms with Gasteiger partial charge in [0, 0.05) is 12.3 Å². The summed E-state index contributed by atoms with van der Waals surface area (Å²) >= 11 is 0. The number of hydrogen-bond acceptors (Lipinski definition) is 11. The van der Waals surface area contributed by atoms with Crippen molar-refractivity contribution in [1.82, 2.24) is 10.3 Å². The number of benzene rings is 1. The number of rotatable bonds is 12. The van der Waals surface area contributed by atoms with Crippen LogP contribution in [-0.4, -0.2) is 74.2 Å². The number of carbonyl (C=O) groups excluding carboxylic acids is 4. The van der Waals surface area contributed by atoms with Crippen LogP contribution in [0, 0.1) is 17.8 Å². The van der Waals surface area contributed by atoms with Crippen molar-refractivity contribution in [1.29, 1.82) is 0 Å². The van der Waals surface area contributed by atoms with Crippen molar-refractivity contribution in [2.45, 2.75) is 59.3 Å². The second kappa shape index (κ2) is 15.9. The number of carbonyl (C=O) groups is 4. The average Bonchev–Trinajstić information content (AvgIpc) is 3.01. The van der Waals surface area contributed by atoms with Gasteiger partial charge in [-0.15, -0.1) is 0 Å². The molecular formula is C31H40N2O10. The Bertz CT molecular complexity index is 1250. The topological polar surface area (TPSA) is 149 Å². The minimum atomic E-state index is -1.39. The lowest BCUT2D eigenvalue weighted by Gasteiger charge is -2.29. The molecule has 2 heterocycles. The maximum atomic E-state index is 13.4. The second-order valence-corrected chi connectivity index (χ2v) is 10.9. The molecule has 1 amide bonds. The molecule has 1 aromatic carbocycles. The Morgan fingerprint density at radius 1 is 1.07 bits per heavy atom. The van der Waals surface area contributed by atoms with E-state index in [9.17, 15) is 19.2 Å². The number of hydrogen-bond donors (Lipinski definition) is 1. The fourth-order valence-electron chi connectivity index (χ4n) is 4.25. The summed E-state index contributed by atoms with van der Waals surface area (Å²) in [6, 6.07) is 9.25. The smallest absolute Gasteiger partial charge is 0.332 e. The fraction of sp³-hybridized carbons (Fsp3) is 0.516. The zero-order chi connectivity index (χ0) is 31.5. The molecule has 0 aliphatic carbocycles. The zero-order valence-corrected chi connectivity index (χ0v) is 25.4. The molecule has 12 nitrogen and oxygen atoms in total. The molecule has 1 saturated heterocycles. The van der Waals surface area contributed by atoms with Crippen LogP contribution < -0.4 is 14.8 Å². The van der Waals surface area contributed by atoms with E-state index in [4.69, 9.17) is 28.4 Å². The van der Waals surface area contributed by atoms with E-state index < -0.39 is 60.5 Å². The van der Waals surface area contributed by atoms with E-state index >= 15 is 0 Å². The average molecular weight is 601 g/mol. The molecule has 1 aliphatic heterocycles. The van der Waals surface area contributed by atoms with Crippen LogP contribution in [0.4, 0.5) is 0 Å². The molecule has 4 atom stereocenters. The molecule has 0 unspecified atom stereocenters. The Labute approximate surface area is 251 Å². The van der Waals surface area contributed by atoms with Gasteiger partial charge in [-0.05, 0) is 24.8 Å². The number of methoxy groups -OCH3 is 1. The summed E-state index contributed by atoms with van der Waals surface area (Å²) in [7, 11) is 1.41. The van der Waals surface area contributed by atoms with Crippen LogP contribution in [0.15, 0.2) is 42.6 Å². The third kappa shape index (κ3) is 9.40. The van der Waals surface area contributed by atoms with Crippen molar-refractivity contribution in [3.05, 3.63) is 53.9 Å². The SMILES string of the molecule is COc1ccnc(C(=O)N[C@H]2COC(=O)[C@H](Cc3ccccc3)[C@@H](OC(=O)C(C)C)[C@H](C)OC2=O)c1OCOCC(C)C. The Balaban J connectivity index is 1.84. The van der Waals surface area contributed by atoms with Crippen LogP contribution in [0.5, 0.6) is 11.5 Å². The van der Waals surface area contributed by atoms with E-state index in [1.54, 1.807) is 13.8 Å². The van der Waals surface area contributed by atoms with Gasteiger partial charge in [0.2, 0.25) is 0 Å². The molecule has 0 saturated carbocycles. The van der Waals surface area contributed by atoms with E-state index in [0.717, 1.165) is 5.56 Å². The van der Waals surface area contributed by atoms with Gasteiger partial charge in [0.15, 0.2) is 36.1 Å². The molecule has 43 heavy (non-hydrogen) atoms. The van der Waals surface area contributed by atoms with Crippen LogP contribution in [0.25, 0.3) is 0 Å². The highest BCUT2D eigenvalue weighted by atomic mass is 16.7. The second-order valence-electron chi connectivity index (χ2n) is 10.9. The highest BCUT2D eigenvalue weighted by Crippen LogP contribution is 2.30. The lowest BCUT2D eigenvalue weighted by molar-refractivity contribution is -0.176. The van der Waals surface area contributed by atoms with Gasteiger partial charge in [0.05, 0.1) is 19.6 Å². The van der Waals surface area contributed by atoms with Crippen LogP contribution in [0.1, 0.15) is 50.7 Å². The summed E-state index contributed by atoms with van der Waals surface area (Å²) in [5.74, 6) is -3.91. The molecule has 0 spiro atoms. The first-order valence-corrected chi connectivity index (χ1v) is 14.2. The number of ether oxygens (including phenoxy) is 6. The van der Waals surface area contributed by atoms with Gasteiger partial charge >= 0.3 is 17.9 Å². The lowest BCUT2D eigenvalue weighted by Crippen LogP contribution is -2.47. The minimum Gasteiger partial charge on any atom is -0.493 e. The first kappa shape index (κ1) is 33.3. The van der Waals surface area contributed by atoms with Crippen LogP contribution >= 0.6 is 0 Å². The highest BCUT2D eigenvalue weighted by Gasteiger charge is 2.42. The summed E-state index contributed by atoms with van der Waals surface area (Å²) in [5.41, 5.74) is 0.622. The summed E-state index contributed by atoms with van der Waals surface area (Å²) in [5, 5.41) is 2.52. The zero-order valence-electron chi connectivity index (χ0n) is 25.4. The Hall–Kier alpha value is -4.19. The molecule has 234 valence electrons. The number of cyclic esters (lactones) is 2. The van der Waals surface area contributed by atoms with E-state index in [-0.39, 0.29) is 36.3 Å². The number of nitrogens with zero attached hydrogens (tertiary/aromatic N) is 1. The van der Waals surface area contributed by atoms with Gasteiger partial charge in [-0.25, -0.2) is 9.78 Å². The molecule has 2 aromatic rings. The standard InChI is InChI=1S/C31H40N2O10/c1-18(2)15-39-17-41-27-24(38-6)12-13-32-25(27)28(34)33-23-16-40-30(36)22(14-21-10-8-7-9-11-21)26(20(5)42-31(23)37)43-29(35)19(3)4/h7-13,18-20,22-23,26H,14-17H2,1-6H3,(H,33,34)/t20-,22+,23-,26-/m0/s1. The number of pyridine rings is 1. The van der Waals surface area contributed by atoms with Gasteiger partial charge in [-0.1, -0.05) is 58.0 Å². The van der Waals surface area contributed by atoms with Crippen LogP contribution in [-0.2, 0) is 39.8 Å². The van der Waals surface area contributed by atoms with Crippen LogP contribution in [0.2, 0.25) is 0 Å². The minimum absolute atomic E-state index is 0.0108. The fourth-order valence-corrected chi connectivity index (χ4v) is 4.25. The number of nitrogens with one attached hydrogen (secondary N) is 1.